The van der Waals surface area contributed by atoms with Crippen LogP contribution in [0.3, 0.4) is 0 Å². The third kappa shape index (κ3) is 5.30. The lowest BCUT2D eigenvalue weighted by atomic mass is 9.96. The fraction of sp³-hybridized carbons (Fsp3) is 0.625. The van der Waals surface area contributed by atoms with E-state index in [1.807, 2.05) is 4.68 Å². The molecule has 1 unspecified atom stereocenters. The fourth-order valence-corrected chi connectivity index (χ4v) is 6.20. The lowest BCUT2D eigenvalue weighted by Gasteiger charge is -2.30. The first-order valence-electron chi connectivity index (χ1n) is 12.2. The maximum Gasteiger partial charge on any atom is 0.243 e. The molecule has 4 rings (SSSR count). The standard InChI is InChI=1S/C24H35N5O3S/c1-3-18(2)29-23-10-9-21(17-22(23)26-27-29)33(31,32)28-15-12-20(13-16-28)24(30)25-14-11-19-7-5-4-6-8-19/h7,9-10,17-18,20H,3-6,8,11-16H2,1-2H3,(H,25,30). The van der Waals surface area contributed by atoms with Crippen molar-refractivity contribution in [2.75, 3.05) is 19.6 Å². The first kappa shape index (κ1) is 23.9. The van der Waals surface area contributed by atoms with E-state index < -0.39 is 10.0 Å². The Kier molecular flexibility index (Phi) is 7.48. The molecule has 9 heteroatoms. The summed E-state index contributed by atoms with van der Waals surface area (Å²) >= 11 is 0. The summed E-state index contributed by atoms with van der Waals surface area (Å²) < 4.78 is 29.8. The normalized spacial score (nSPS) is 19.4. The number of hydrogen-bond donors (Lipinski definition) is 1. The van der Waals surface area contributed by atoms with Crippen molar-refractivity contribution in [2.24, 2.45) is 5.92 Å². The van der Waals surface area contributed by atoms with Crippen LogP contribution in [0.5, 0.6) is 0 Å². The molecule has 1 fully saturated rings. The molecule has 1 aliphatic heterocycles. The average molecular weight is 474 g/mol. The summed E-state index contributed by atoms with van der Waals surface area (Å²) in [5, 5.41) is 11.4. The van der Waals surface area contributed by atoms with Gasteiger partial charge in [-0.2, -0.15) is 4.31 Å². The second kappa shape index (κ2) is 10.3. The Morgan fingerprint density at radius 1 is 1.24 bits per heavy atom. The number of carbonyl (C=O) groups is 1. The van der Waals surface area contributed by atoms with Crippen molar-refractivity contribution in [2.45, 2.75) is 76.2 Å². The predicted molar refractivity (Wildman–Crippen MR) is 128 cm³/mol. The van der Waals surface area contributed by atoms with E-state index in [1.165, 1.54) is 22.7 Å². The minimum atomic E-state index is -3.63. The minimum Gasteiger partial charge on any atom is -0.356 e. The third-order valence-electron chi connectivity index (χ3n) is 7.04. The Morgan fingerprint density at radius 2 is 2.03 bits per heavy atom. The van der Waals surface area contributed by atoms with Gasteiger partial charge in [0.05, 0.1) is 16.5 Å². The summed E-state index contributed by atoms with van der Waals surface area (Å²) in [4.78, 5) is 12.8. The third-order valence-corrected chi connectivity index (χ3v) is 8.94. The van der Waals surface area contributed by atoms with Crippen LogP contribution in [-0.4, -0.2) is 53.3 Å². The summed E-state index contributed by atoms with van der Waals surface area (Å²) in [6.45, 7) is 5.51. The predicted octanol–water partition coefficient (Wildman–Crippen LogP) is 3.81. The topological polar surface area (TPSA) is 97.2 Å². The van der Waals surface area contributed by atoms with Crippen LogP contribution in [-0.2, 0) is 14.8 Å². The molecule has 0 saturated carbocycles. The van der Waals surface area contributed by atoms with Crippen molar-refractivity contribution in [3.05, 3.63) is 29.8 Å². The van der Waals surface area contributed by atoms with Crippen LogP contribution in [0.25, 0.3) is 11.0 Å². The molecule has 1 aromatic heterocycles. The van der Waals surface area contributed by atoms with E-state index in [0.29, 0.717) is 38.0 Å². The molecule has 1 aliphatic carbocycles. The Morgan fingerprint density at radius 3 is 2.73 bits per heavy atom. The molecular weight excluding hydrogens is 438 g/mol. The van der Waals surface area contributed by atoms with Crippen molar-refractivity contribution in [1.29, 1.82) is 0 Å². The lowest BCUT2D eigenvalue weighted by molar-refractivity contribution is -0.126. The van der Waals surface area contributed by atoms with Crippen LogP contribution in [0.1, 0.15) is 71.3 Å². The fourth-order valence-electron chi connectivity index (χ4n) is 4.71. The van der Waals surface area contributed by atoms with E-state index in [-0.39, 0.29) is 22.8 Å². The highest BCUT2D eigenvalue weighted by atomic mass is 32.2. The zero-order valence-electron chi connectivity index (χ0n) is 19.7. The Labute approximate surface area is 196 Å². The number of fused-ring (bicyclic) bond motifs is 1. The van der Waals surface area contributed by atoms with Crippen LogP contribution in [0.4, 0.5) is 0 Å². The monoisotopic (exact) mass is 473 g/mol. The van der Waals surface area contributed by atoms with Crippen molar-refractivity contribution >= 4 is 27.0 Å². The molecule has 0 bridgehead atoms. The van der Waals surface area contributed by atoms with Gasteiger partial charge in [-0.1, -0.05) is 23.8 Å². The molecule has 2 aromatic rings. The summed E-state index contributed by atoms with van der Waals surface area (Å²) in [6.07, 6.45) is 10.0. The van der Waals surface area contributed by atoms with E-state index in [9.17, 15) is 13.2 Å². The summed E-state index contributed by atoms with van der Waals surface area (Å²) in [5.41, 5.74) is 2.87. The smallest absolute Gasteiger partial charge is 0.243 e. The van der Waals surface area contributed by atoms with Gasteiger partial charge in [-0.25, -0.2) is 13.1 Å². The second-order valence-corrected chi connectivity index (χ2v) is 11.2. The minimum absolute atomic E-state index is 0.0477. The highest BCUT2D eigenvalue weighted by Crippen LogP contribution is 2.27. The molecular formula is C24H35N5O3S. The Bertz CT molecular complexity index is 1120. The molecule has 1 amide bonds. The van der Waals surface area contributed by atoms with Gasteiger partial charge in [0, 0.05) is 25.6 Å². The molecule has 180 valence electrons. The van der Waals surface area contributed by atoms with Crippen LogP contribution >= 0.6 is 0 Å². The zero-order chi connectivity index (χ0) is 23.4. The van der Waals surface area contributed by atoms with E-state index in [0.717, 1.165) is 31.2 Å². The molecule has 0 spiro atoms. The number of nitrogens with one attached hydrogen (secondary N) is 1. The number of sulfonamides is 1. The highest BCUT2D eigenvalue weighted by molar-refractivity contribution is 7.89. The molecule has 8 nitrogen and oxygen atoms in total. The van der Waals surface area contributed by atoms with Gasteiger partial charge in [0.2, 0.25) is 15.9 Å². The molecule has 2 aliphatic rings. The van der Waals surface area contributed by atoms with Gasteiger partial charge in [-0.3, -0.25) is 4.79 Å². The first-order valence-corrected chi connectivity index (χ1v) is 13.6. The molecule has 0 radical (unpaired) electrons. The number of carbonyl (C=O) groups excluding carboxylic acids is 1. The lowest BCUT2D eigenvalue weighted by Crippen LogP contribution is -2.43. The summed E-state index contributed by atoms with van der Waals surface area (Å²) in [6, 6.07) is 5.23. The first-order chi connectivity index (χ1) is 15.9. The zero-order valence-corrected chi connectivity index (χ0v) is 20.5. The number of allylic oxidation sites excluding steroid dienone is 1. The molecule has 1 aromatic carbocycles. The van der Waals surface area contributed by atoms with Gasteiger partial charge in [0.15, 0.2) is 0 Å². The van der Waals surface area contributed by atoms with E-state index in [1.54, 1.807) is 18.2 Å². The quantitative estimate of drug-likeness (QED) is 0.588. The van der Waals surface area contributed by atoms with Crippen molar-refractivity contribution in [1.82, 2.24) is 24.6 Å². The van der Waals surface area contributed by atoms with Crippen LogP contribution in [0.15, 0.2) is 34.7 Å². The van der Waals surface area contributed by atoms with Crippen molar-refractivity contribution < 1.29 is 13.2 Å². The number of piperidine rings is 1. The number of aromatic nitrogens is 3. The van der Waals surface area contributed by atoms with Gasteiger partial charge < -0.3 is 5.32 Å². The van der Waals surface area contributed by atoms with Crippen LogP contribution in [0, 0.1) is 5.92 Å². The largest absolute Gasteiger partial charge is 0.356 e. The summed E-state index contributed by atoms with van der Waals surface area (Å²) in [5.74, 6) is -0.0822. The number of nitrogens with zero attached hydrogens (tertiary/aromatic N) is 4. The van der Waals surface area contributed by atoms with Gasteiger partial charge in [-0.15, -0.1) is 5.10 Å². The van der Waals surface area contributed by atoms with Gasteiger partial charge in [-0.05, 0) is 76.5 Å². The SMILES string of the molecule is CCC(C)n1nnc2cc(S(=O)(=O)N3CCC(C(=O)NCCC4=CCCCC4)CC3)ccc21. The maximum atomic E-state index is 13.2. The average Bonchev–Trinajstić information content (AvgIpc) is 3.27. The molecule has 33 heavy (non-hydrogen) atoms. The van der Waals surface area contributed by atoms with Crippen molar-refractivity contribution in [3.63, 3.8) is 0 Å². The number of hydrogen-bond acceptors (Lipinski definition) is 5. The molecule has 1 N–H and O–H groups in total. The highest BCUT2D eigenvalue weighted by Gasteiger charge is 2.32. The number of rotatable bonds is 8. The van der Waals surface area contributed by atoms with E-state index in [2.05, 4.69) is 35.6 Å². The maximum absolute atomic E-state index is 13.2. The Balaban J connectivity index is 1.33. The van der Waals surface area contributed by atoms with Gasteiger partial charge >= 0.3 is 0 Å². The molecule has 1 atom stereocenters. The Hall–Kier alpha value is -2.26. The van der Waals surface area contributed by atoms with Gasteiger partial charge in [0.25, 0.3) is 0 Å². The number of amides is 1. The van der Waals surface area contributed by atoms with Crippen LogP contribution < -0.4 is 5.32 Å². The van der Waals surface area contributed by atoms with E-state index in [4.69, 9.17) is 0 Å². The molecule has 2 heterocycles. The van der Waals surface area contributed by atoms with Crippen LogP contribution in [0.2, 0.25) is 0 Å². The molecule has 1 saturated heterocycles. The number of benzene rings is 1. The van der Waals surface area contributed by atoms with Gasteiger partial charge in [0.1, 0.15) is 5.52 Å². The summed E-state index contributed by atoms with van der Waals surface area (Å²) in [7, 11) is -3.63. The van der Waals surface area contributed by atoms with E-state index >= 15 is 0 Å². The van der Waals surface area contributed by atoms with Crippen molar-refractivity contribution in [3.8, 4) is 0 Å². The second-order valence-electron chi connectivity index (χ2n) is 9.27.